The molecule has 1 heterocycles. The Morgan fingerprint density at radius 1 is 1.67 bits per heavy atom. The third-order valence-corrected chi connectivity index (χ3v) is 1.22. The highest BCUT2D eigenvalue weighted by molar-refractivity contribution is 4.72. The Kier molecular flexibility index (Phi) is 1.34. The van der Waals surface area contributed by atoms with E-state index in [1.54, 1.807) is 26.5 Å². The smallest absolute Gasteiger partial charge is 0.201 e. The number of hydrogen-bond acceptors (Lipinski definition) is 1. The molecular weight excluding hydrogens is 116 g/mol. The third kappa shape index (κ3) is 0.988. The Morgan fingerprint density at radius 3 is 2.78 bits per heavy atom. The second-order valence-corrected chi connectivity index (χ2v) is 1.99. The molecule has 0 aliphatic heterocycles. The zero-order valence-corrected chi connectivity index (χ0v) is 5.53. The van der Waals surface area contributed by atoms with Crippen LogP contribution in [-0.2, 0) is 14.1 Å². The first-order chi connectivity index (χ1) is 4.22. The summed E-state index contributed by atoms with van der Waals surface area (Å²) in [5, 5.41) is 0. The van der Waals surface area contributed by atoms with Crippen LogP contribution in [0.4, 0.5) is 0 Å². The van der Waals surface area contributed by atoms with E-state index in [-0.39, 0.29) is 5.69 Å². The molecule has 1 aromatic rings. The lowest BCUT2D eigenvalue weighted by atomic mass is 10.6. The minimum absolute atomic E-state index is 0.00231. The molecule has 1 aromatic heterocycles. The van der Waals surface area contributed by atoms with Gasteiger partial charge in [0.1, 0.15) is 0 Å². The van der Waals surface area contributed by atoms with E-state index >= 15 is 0 Å². The topological polar surface area (TPSA) is 25.9 Å². The van der Waals surface area contributed by atoms with Gasteiger partial charge in [0.05, 0.1) is 26.5 Å². The van der Waals surface area contributed by atoms with Crippen LogP contribution >= 0.6 is 0 Å². The summed E-state index contributed by atoms with van der Waals surface area (Å²) in [6.45, 7) is 0. The summed E-state index contributed by atoms with van der Waals surface area (Å²) in [5.74, 6) is 0. The van der Waals surface area contributed by atoms with Crippen molar-refractivity contribution in [2.24, 2.45) is 14.1 Å². The number of aromatic nitrogens is 2. The highest BCUT2D eigenvalue weighted by Crippen LogP contribution is 1.66. The second-order valence-electron chi connectivity index (χ2n) is 1.99. The van der Waals surface area contributed by atoms with Crippen molar-refractivity contribution in [1.29, 1.82) is 0 Å². The van der Waals surface area contributed by atoms with Crippen molar-refractivity contribution in [1.82, 2.24) is 4.57 Å². The Balaban J connectivity index is 3.43. The van der Waals surface area contributed by atoms with Crippen molar-refractivity contribution in [2.75, 3.05) is 0 Å². The summed E-state index contributed by atoms with van der Waals surface area (Å²) in [6.07, 6.45) is 3.45. The Labute approximate surface area is 53.2 Å². The van der Waals surface area contributed by atoms with Crippen molar-refractivity contribution >= 4 is 0 Å². The van der Waals surface area contributed by atoms with Crippen LogP contribution in [0, 0.1) is 0 Å². The molecule has 0 radical (unpaired) electrons. The van der Waals surface area contributed by atoms with Gasteiger partial charge < -0.3 is 0 Å². The molecule has 0 unspecified atom stereocenters. The lowest BCUT2D eigenvalue weighted by Crippen LogP contribution is -2.49. The second kappa shape index (κ2) is 2.01. The van der Waals surface area contributed by atoms with Gasteiger partial charge in [-0.3, -0.25) is 0 Å². The van der Waals surface area contributed by atoms with Gasteiger partial charge >= 0.3 is 5.69 Å². The number of hydrogen-bond donors (Lipinski definition) is 0. The average Bonchev–Trinajstić information content (AvgIpc) is 1.83. The highest BCUT2D eigenvalue weighted by atomic mass is 16.1. The maximum absolute atomic E-state index is 10.9. The molecule has 1 rings (SSSR count). The molecule has 0 atom stereocenters. The number of aryl methyl sites for hydroxylation is 2. The fraction of sp³-hybridized carbons (Fsp3) is 0.333. The van der Waals surface area contributed by atoms with Gasteiger partial charge in [0.15, 0.2) is 0 Å². The molecule has 0 aromatic carbocycles. The van der Waals surface area contributed by atoms with Crippen LogP contribution in [0.25, 0.3) is 0 Å². The van der Waals surface area contributed by atoms with Crippen molar-refractivity contribution < 1.29 is 4.57 Å². The monoisotopic (exact) mass is 125 g/mol. The summed E-state index contributed by atoms with van der Waals surface area (Å²) in [4.78, 5) is 10.9. The maximum Gasteiger partial charge on any atom is 0.497 e. The maximum atomic E-state index is 10.9. The third-order valence-electron chi connectivity index (χ3n) is 1.22. The van der Waals surface area contributed by atoms with Gasteiger partial charge in [-0.2, -0.15) is 4.79 Å². The summed E-state index contributed by atoms with van der Waals surface area (Å²) in [5.41, 5.74) is -0.00231. The molecule has 0 bridgehead atoms. The first-order valence-electron chi connectivity index (χ1n) is 2.73. The van der Waals surface area contributed by atoms with Crippen molar-refractivity contribution in [3.05, 3.63) is 28.9 Å². The minimum atomic E-state index is -0.00231. The van der Waals surface area contributed by atoms with E-state index < -0.39 is 0 Å². The summed E-state index contributed by atoms with van der Waals surface area (Å²) >= 11 is 0. The van der Waals surface area contributed by atoms with Gasteiger partial charge in [-0.25, -0.2) is 9.13 Å². The van der Waals surface area contributed by atoms with Crippen LogP contribution in [0.3, 0.4) is 0 Å². The molecule has 0 spiro atoms. The minimum Gasteiger partial charge on any atom is -0.201 e. The normalized spacial score (nSPS) is 9.56. The Bertz CT molecular complexity index is 241. The Hall–Kier alpha value is -1.12. The largest absolute Gasteiger partial charge is 0.497 e. The van der Waals surface area contributed by atoms with Gasteiger partial charge in [-0.05, 0) is 0 Å². The lowest BCUT2D eigenvalue weighted by molar-refractivity contribution is -0.690. The predicted molar refractivity (Wildman–Crippen MR) is 32.9 cm³/mol. The highest BCUT2D eigenvalue weighted by Gasteiger charge is 1.97. The van der Waals surface area contributed by atoms with Crippen LogP contribution in [0.5, 0.6) is 0 Å². The summed E-state index contributed by atoms with van der Waals surface area (Å²) < 4.78 is 3.06. The predicted octanol–water partition coefficient (Wildman–Crippen LogP) is -0.790. The van der Waals surface area contributed by atoms with Gasteiger partial charge in [-0.15, -0.1) is 0 Å². The molecule has 0 aliphatic carbocycles. The van der Waals surface area contributed by atoms with Crippen molar-refractivity contribution in [3.63, 3.8) is 0 Å². The van der Waals surface area contributed by atoms with Crippen LogP contribution in [0.2, 0.25) is 0 Å². The molecule has 0 amide bonds. The van der Waals surface area contributed by atoms with Gasteiger partial charge in [0.2, 0.25) is 0 Å². The zero-order chi connectivity index (χ0) is 6.85. The zero-order valence-electron chi connectivity index (χ0n) is 5.53. The quantitative estimate of drug-likeness (QED) is 0.417. The van der Waals surface area contributed by atoms with Crippen LogP contribution in [0.1, 0.15) is 0 Å². The number of rotatable bonds is 0. The molecule has 0 aliphatic rings. The van der Waals surface area contributed by atoms with Gasteiger partial charge in [0, 0.05) is 6.07 Å². The standard InChI is InChI=1S/C6H9N2O/c1-7-4-3-5-8(2)6(7)9/h3-5H,1-2H3/q+1. The molecule has 3 heteroatoms. The van der Waals surface area contributed by atoms with Crippen LogP contribution in [-0.4, -0.2) is 4.57 Å². The molecular formula is C6H9N2O+. The van der Waals surface area contributed by atoms with Crippen molar-refractivity contribution in [2.45, 2.75) is 0 Å². The van der Waals surface area contributed by atoms with E-state index in [1.165, 1.54) is 9.13 Å². The summed E-state index contributed by atoms with van der Waals surface area (Å²) in [6, 6.07) is 1.82. The van der Waals surface area contributed by atoms with E-state index in [4.69, 9.17) is 0 Å². The molecule has 0 fully saturated rings. The van der Waals surface area contributed by atoms with Crippen LogP contribution < -0.4 is 10.3 Å². The number of nitrogens with zero attached hydrogens (tertiary/aromatic N) is 2. The fourth-order valence-electron chi connectivity index (χ4n) is 0.673. The molecule has 0 saturated heterocycles. The van der Waals surface area contributed by atoms with E-state index in [1.807, 2.05) is 6.07 Å². The van der Waals surface area contributed by atoms with E-state index in [9.17, 15) is 4.79 Å². The average molecular weight is 125 g/mol. The SMILES string of the molecule is Cn1ccc[n+](C)c1=O. The molecule has 9 heavy (non-hydrogen) atoms. The van der Waals surface area contributed by atoms with E-state index in [0.717, 1.165) is 0 Å². The molecule has 48 valence electrons. The lowest BCUT2D eigenvalue weighted by Gasteiger charge is -1.88. The molecule has 3 nitrogen and oxygen atoms in total. The van der Waals surface area contributed by atoms with Gasteiger partial charge in [-0.1, -0.05) is 0 Å². The van der Waals surface area contributed by atoms with Gasteiger partial charge in [0.25, 0.3) is 0 Å². The van der Waals surface area contributed by atoms with Crippen LogP contribution in [0.15, 0.2) is 23.3 Å². The summed E-state index contributed by atoms with van der Waals surface area (Å²) in [7, 11) is 3.45. The van der Waals surface area contributed by atoms with Crippen molar-refractivity contribution in [3.8, 4) is 0 Å². The Morgan fingerprint density at radius 2 is 2.33 bits per heavy atom. The fourth-order valence-corrected chi connectivity index (χ4v) is 0.673. The molecule has 0 saturated carbocycles. The molecule has 0 N–H and O–H groups in total. The van der Waals surface area contributed by atoms with E-state index in [0.29, 0.717) is 0 Å². The first-order valence-corrected chi connectivity index (χ1v) is 2.73. The van der Waals surface area contributed by atoms with E-state index in [2.05, 4.69) is 0 Å². The first kappa shape index (κ1) is 6.01.